The maximum atomic E-state index is 12.7. The van der Waals surface area contributed by atoms with E-state index < -0.39 is 41.8 Å². The molecular formula is C17H29N5O6S. The fourth-order valence-corrected chi connectivity index (χ4v) is 3.52. The molecule has 12 heteroatoms. The fourth-order valence-electron chi connectivity index (χ4n) is 3.04. The molecule has 0 spiro atoms. The Morgan fingerprint density at radius 1 is 1.17 bits per heavy atom. The van der Waals surface area contributed by atoms with Gasteiger partial charge in [0.25, 0.3) is 0 Å². The second-order valence-electron chi connectivity index (χ2n) is 6.70. The number of thioether (sulfide) groups is 1. The van der Waals surface area contributed by atoms with Crippen molar-refractivity contribution < 1.29 is 29.1 Å². The number of nitrogens with zero attached hydrogens (tertiary/aromatic N) is 1. The van der Waals surface area contributed by atoms with Gasteiger partial charge in [-0.3, -0.25) is 19.2 Å². The van der Waals surface area contributed by atoms with Crippen LogP contribution in [-0.2, 0) is 24.0 Å². The van der Waals surface area contributed by atoms with E-state index >= 15 is 0 Å². The summed E-state index contributed by atoms with van der Waals surface area (Å²) in [4.78, 5) is 61.0. The van der Waals surface area contributed by atoms with E-state index in [0.29, 0.717) is 25.1 Å². The lowest BCUT2D eigenvalue weighted by molar-refractivity contribution is -0.143. The Balaban J connectivity index is 2.86. The number of likely N-dealkylation sites (tertiary alicyclic amines) is 1. The molecule has 29 heavy (non-hydrogen) atoms. The summed E-state index contributed by atoms with van der Waals surface area (Å²) in [7, 11) is 0. The van der Waals surface area contributed by atoms with E-state index in [0.717, 1.165) is 0 Å². The highest BCUT2D eigenvalue weighted by Crippen LogP contribution is 2.18. The van der Waals surface area contributed by atoms with Crippen molar-refractivity contribution in [3.8, 4) is 0 Å². The van der Waals surface area contributed by atoms with Gasteiger partial charge in [-0.05, 0) is 37.7 Å². The molecule has 1 heterocycles. The van der Waals surface area contributed by atoms with Crippen LogP contribution < -0.4 is 22.1 Å². The van der Waals surface area contributed by atoms with E-state index in [4.69, 9.17) is 11.5 Å². The van der Waals surface area contributed by atoms with Gasteiger partial charge in [-0.2, -0.15) is 11.8 Å². The first-order chi connectivity index (χ1) is 13.7. The number of carbonyl (C=O) groups is 5. The number of rotatable bonds is 12. The molecule has 1 aliphatic rings. The molecule has 0 aromatic heterocycles. The molecule has 0 aliphatic carbocycles. The molecule has 11 nitrogen and oxygen atoms in total. The Bertz CT molecular complexity index is 631. The van der Waals surface area contributed by atoms with Crippen LogP contribution in [0.3, 0.4) is 0 Å². The van der Waals surface area contributed by atoms with Crippen LogP contribution in [0.15, 0.2) is 0 Å². The molecule has 0 saturated carbocycles. The van der Waals surface area contributed by atoms with E-state index in [-0.39, 0.29) is 31.7 Å². The lowest BCUT2D eigenvalue weighted by Crippen LogP contribution is -2.56. The first kappa shape index (κ1) is 24.7. The third-order valence-electron chi connectivity index (χ3n) is 4.59. The van der Waals surface area contributed by atoms with Gasteiger partial charge in [0.05, 0.1) is 6.54 Å². The monoisotopic (exact) mass is 431 g/mol. The number of nitrogens with one attached hydrogen (secondary N) is 2. The van der Waals surface area contributed by atoms with Crippen molar-refractivity contribution in [1.82, 2.24) is 15.5 Å². The van der Waals surface area contributed by atoms with Gasteiger partial charge in [0, 0.05) is 13.0 Å². The maximum absolute atomic E-state index is 12.7. The van der Waals surface area contributed by atoms with E-state index in [9.17, 15) is 29.1 Å². The Hall–Kier alpha value is -2.34. The minimum absolute atomic E-state index is 0.0840. The summed E-state index contributed by atoms with van der Waals surface area (Å²) in [6, 6.07) is -3.03. The summed E-state index contributed by atoms with van der Waals surface area (Å²) >= 11 is 1.44. The largest absolute Gasteiger partial charge is 0.480 e. The van der Waals surface area contributed by atoms with Gasteiger partial charge < -0.3 is 32.1 Å². The number of aliphatic carboxylic acids is 1. The average Bonchev–Trinajstić information content (AvgIpc) is 3.16. The Morgan fingerprint density at radius 3 is 2.41 bits per heavy atom. The SMILES string of the molecule is CSCCC(NC(=O)C(CCC(N)=O)NC(=O)C1CCCN1C(=O)CN)C(=O)O. The van der Waals surface area contributed by atoms with Crippen LogP contribution in [0.25, 0.3) is 0 Å². The first-order valence-electron chi connectivity index (χ1n) is 9.31. The third-order valence-corrected chi connectivity index (χ3v) is 5.23. The maximum Gasteiger partial charge on any atom is 0.326 e. The topological polar surface area (TPSA) is 185 Å². The Labute approximate surface area is 173 Å². The molecule has 0 bridgehead atoms. The molecule has 164 valence electrons. The van der Waals surface area contributed by atoms with Crippen LogP contribution in [0.1, 0.15) is 32.1 Å². The lowest BCUT2D eigenvalue weighted by atomic mass is 10.1. The van der Waals surface area contributed by atoms with E-state index in [1.807, 2.05) is 6.26 Å². The highest BCUT2D eigenvalue weighted by molar-refractivity contribution is 7.98. The molecule has 3 atom stereocenters. The van der Waals surface area contributed by atoms with E-state index in [1.165, 1.54) is 16.7 Å². The van der Waals surface area contributed by atoms with Crippen molar-refractivity contribution in [1.29, 1.82) is 0 Å². The van der Waals surface area contributed by atoms with Gasteiger partial charge in [-0.15, -0.1) is 0 Å². The highest BCUT2D eigenvalue weighted by Gasteiger charge is 2.35. The lowest BCUT2D eigenvalue weighted by Gasteiger charge is -2.26. The molecule has 0 radical (unpaired) electrons. The van der Waals surface area contributed by atoms with Gasteiger partial charge in [-0.1, -0.05) is 0 Å². The number of nitrogens with two attached hydrogens (primary N) is 2. The number of primary amides is 1. The summed E-state index contributed by atoms with van der Waals surface area (Å²) in [6.45, 7) is 0.160. The van der Waals surface area contributed by atoms with Crippen LogP contribution in [-0.4, -0.2) is 82.8 Å². The number of carboxylic acids is 1. The molecule has 4 amide bonds. The summed E-state index contributed by atoms with van der Waals surface area (Å²) in [6.07, 6.45) is 2.81. The standard InChI is InChI=1S/C17H29N5O6S/c1-29-8-6-11(17(27)28)21-15(25)10(4-5-13(19)23)20-16(26)12-3-2-7-22(12)14(24)9-18/h10-12H,2-9,18H2,1H3,(H2,19,23)(H,20,26)(H,21,25)(H,27,28). The van der Waals surface area contributed by atoms with Crippen molar-refractivity contribution in [2.24, 2.45) is 11.5 Å². The summed E-state index contributed by atoms with van der Waals surface area (Å²) in [5, 5.41) is 14.2. The molecule has 1 fully saturated rings. The van der Waals surface area contributed by atoms with Crippen LogP contribution in [0.4, 0.5) is 0 Å². The molecule has 0 aromatic carbocycles. The van der Waals surface area contributed by atoms with Crippen molar-refractivity contribution >= 4 is 41.4 Å². The second-order valence-corrected chi connectivity index (χ2v) is 7.68. The van der Waals surface area contributed by atoms with Gasteiger partial charge >= 0.3 is 5.97 Å². The second kappa shape index (κ2) is 12.3. The molecule has 1 rings (SSSR count). The first-order valence-corrected chi connectivity index (χ1v) is 10.7. The number of carboxylic acid groups (broad SMARTS) is 1. The third kappa shape index (κ3) is 7.89. The van der Waals surface area contributed by atoms with Crippen LogP contribution in [0.5, 0.6) is 0 Å². The van der Waals surface area contributed by atoms with Crippen LogP contribution >= 0.6 is 11.8 Å². The van der Waals surface area contributed by atoms with Gasteiger partial charge in [0.15, 0.2) is 0 Å². The number of amides is 4. The zero-order chi connectivity index (χ0) is 22.0. The smallest absolute Gasteiger partial charge is 0.326 e. The van der Waals surface area contributed by atoms with Gasteiger partial charge in [0.1, 0.15) is 18.1 Å². The summed E-state index contributed by atoms with van der Waals surface area (Å²) < 4.78 is 0. The predicted molar refractivity (Wildman–Crippen MR) is 107 cm³/mol. The zero-order valence-corrected chi connectivity index (χ0v) is 17.2. The van der Waals surface area contributed by atoms with Gasteiger partial charge in [0.2, 0.25) is 23.6 Å². The average molecular weight is 432 g/mol. The van der Waals surface area contributed by atoms with Crippen molar-refractivity contribution in [2.75, 3.05) is 25.1 Å². The number of carbonyl (C=O) groups excluding carboxylic acids is 4. The molecule has 0 aromatic rings. The zero-order valence-electron chi connectivity index (χ0n) is 16.4. The quantitative estimate of drug-likeness (QED) is 0.235. The van der Waals surface area contributed by atoms with Crippen molar-refractivity contribution in [3.05, 3.63) is 0 Å². The normalized spacial score (nSPS) is 18.0. The van der Waals surface area contributed by atoms with Crippen molar-refractivity contribution in [3.63, 3.8) is 0 Å². The van der Waals surface area contributed by atoms with E-state index in [1.54, 1.807) is 0 Å². The number of hydrogen-bond donors (Lipinski definition) is 5. The number of hydrogen-bond acceptors (Lipinski definition) is 7. The molecular weight excluding hydrogens is 402 g/mol. The molecule has 1 saturated heterocycles. The Kier molecular flexibility index (Phi) is 10.5. The minimum atomic E-state index is -1.19. The molecule has 1 aliphatic heterocycles. The van der Waals surface area contributed by atoms with E-state index in [2.05, 4.69) is 10.6 Å². The fraction of sp³-hybridized carbons (Fsp3) is 0.706. The highest BCUT2D eigenvalue weighted by atomic mass is 32.2. The summed E-state index contributed by atoms with van der Waals surface area (Å²) in [5.74, 6) is -2.97. The molecule has 7 N–H and O–H groups in total. The minimum Gasteiger partial charge on any atom is -0.480 e. The van der Waals surface area contributed by atoms with Gasteiger partial charge in [-0.25, -0.2) is 4.79 Å². The van der Waals surface area contributed by atoms with Crippen molar-refractivity contribution in [2.45, 2.75) is 50.2 Å². The van der Waals surface area contributed by atoms with Crippen LogP contribution in [0, 0.1) is 0 Å². The predicted octanol–water partition coefficient (Wildman–Crippen LogP) is -1.99. The Morgan fingerprint density at radius 2 is 1.86 bits per heavy atom. The summed E-state index contributed by atoms with van der Waals surface area (Å²) in [5.41, 5.74) is 10.5. The van der Waals surface area contributed by atoms with Crippen LogP contribution in [0.2, 0.25) is 0 Å². The molecule has 3 unspecified atom stereocenters.